The number of esters is 1. The number of unbranched alkanes of at least 4 members (excludes halogenated alkanes) is 23. The van der Waals surface area contributed by atoms with Crippen molar-refractivity contribution in [3.8, 4) is 0 Å². The van der Waals surface area contributed by atoms with Gasteiger partial charge in [0.1, 0.15) is 0 Å². The Morgan fingerprint density at radius 3 is 1.51 bits per heavy atom. The van der Waals surface area contributed by atoms with E-state index in [1.165, 1.54) is 109 Å². The van der Waals surface area contributed by atoms with Crippen LogP contribution in [0.25, 0.3) is 0 Å². The molecule has 1 amide bonds. The Labute approximate surface area is 303 Å². The van der Waals surface area contributed by atoms with Crippen molar-refractivity contribution in [2.75, 3.05) is 13.2 Å². The number of nitrogens with one attached hydrogen (secondary N) is 1. The molecule has 0 radical (unpaired) electrons. The van der Waals surface area contributed by atoms with Crippen LogP contribution in [0, 0.1) is 0 Å². The molecule has 49 heavy (non-hydrogen) atoms. The predicted molar refractivity (Wildman–Crippen MR) is 209 cm³/mol. The fourth-order valence-corrected chi connectivity index (χ4v) is 6.16. The molecule has 0 spiro atoms. The van der Waals surface area contributed by atoms with Gasteiger partial charge in [-0.25, -0.2) is 0 Å². The first-order valence-corrected chi connectivity index (χ1v) is 21.1. The van der Waals surface area contributed by atoms with E-state index in [1.807, 2.05) is 0 Å². The maximum Gasteiger partial charge on any atom is 0.305 e. The SMILES string of the molecule is CCCCCC/C=C\CCCCCCCC(=O)OCCCCCC/C=C\CCCC(=O)NC(CO)C(O)CCCCCCCCCCCC. The van der Waals surface area contributed by atoms with Gasteiger partial charge in [-0.3, -0.25) is 9.59 Å². The predicted octanol–water partition coefficient (Wildman–Crippen LogP) is 11.6. The number of carbonyl (C=O) groups excluding carboxylic acids is 2. The number of hydrogen-bond donors (Lipinski definition) is 3. The molecule has 2 unspecified atom stereocenters. The zero-order chi connectivity index (χ0) is 35.9. The third-order valence-corrected chi connectivity index (χ3v) is 9.47. The summed E-state index contributed by atoms with van der Waals surface area (Å²) in [5.74, 6) is -0.146. The van der Waals surface area contributed by atoms with E-state index in [4.69, 9.17) is 4.74 Å². The fourth-order valence-electron chi connectivity index (χ4n) is 6.16. The summed E-state index contributed by atoms with van der Waals surface area (Å²) < 4.78 is 5.41. The van der Waals surface area contributed by atoms with Gasteiger partial charge in [0.2, 0.25) is 5.91 Å². The zero-order valence-corrected chi connectivity index (χ0v) is 32.4. The third kappa shape index (κ3) is 36.0. The van der Waals surface area contributed by atoms with Crippen LogP contribution in [0.1, 0.15) is 213 Å². The molecule has 0 rings (SSSR count). The van der Waals surface area contributed by atoms with Gasteiger partial charge >= 0.3 is 5.97 Å². The van der Waals surface area contributed by atoms with Crippen LogP contribution in [0.5, 0.6) is 0 Å². The molecule has 0 saturated carbocycles. The summed E-state index contributed by atoms with van der Waals surface area (Å²) >= 11 is 0. The lowest BCUT2D eigenvalue weighted by atomic mass is 10.0. The van der Waals surface area contributed by atoms with Gasteiger partial charge in [0.15, 0.2) is 0 Å². The molecular formula is C43H81NO5. The number of ether oxygens (including phenoxy) is 1. The molecule has 6 nitrogen and oxygen atoms in total. The molecule has 6 heteroatoms. The zero-order valence-electron chi connectivity index (χ0n) is 32.4. The molecular weight excluding hydrogens is 610 g/mol. The van der Waals surface area contributed by atoms with Crippen LogP contribution < -0.4 is 5.32 Å². The molecule has 288 valence electrons. The minimum absolute atomic E-state index is 0.0463. The summed E-state index contributed by atoms with van der Waals surface area (Å²) in [5, 5.41) is 23.0. The Kier molecular flexibility index (Phi) is 37.8. The normalized spacial score (nSPS) is 13.0. The molecule has 0 fully saturated rings. The van der Waals surface area contributed by atoms with Crippen molar-refractivity contribution in [3.05, 3.63) is 24.3 Å². The average Bonchev–Trinajstić information content (AvgIpc) is 3.10. The molecule has 2 atom stereocenters. The molecule has 0 aliphatic carbocycles. The van der Waals surface area contributed by atoms with E-state index in [2.05, 4.69) is 43.5 Å². The standard InChI is InChI=1S/C43H81NO5/c1-3-5-7-9-11-13-15-16-17-21-25-29-33-37-43(48)49-38-34-30-26-22-18-20-24-28-32-36-42(47)44-40(39-45)41(46)35-31-27-23-19-14-12-10-8-6-4-2/h13,15,20,24,40-41,45-46H,3-12,14,16-19,21-23,25-39H2,1-2H3,(H,44,47)/b15-13-,24-20-. The topological polar surface area (TPSA) is 95.9 Å². The number of hydrogen-bond acceptors (Lipinski definition) is 5. The Morgan fingerprint density at radius 1 is 0.551 bits per heavy atom. The summed E-state index contributed by atoms with van der Waals surface area (Å²) in [6.45, 7) is 4.80. The van der Waals surface area contributed by atoms with Crippen LogP contribution in [0.15, 0.2) is 24.3 Å². The van der Waals surface area contributed by atoms with Gasteiger partial charge < -0.3 is 20.3 Å². The van der Waals surface area contributed by atoms with E-state index in [0.717, 1.165) is 70.6 Å². The van der Waals surface area contributed by atoms with Crippen molar-refractivity contribution in [3.63, 3.8) is 0 Å². The number of rotatable bonds is 38. The first kappa shape index (κ1) is 47.3. The minimum atomic E-state index is -0.692. The second kappa shape index (κ2) is 39.1. The smallest absolute Gasteiger partial charge is 0.305 e. The van der Waals surface area contributed by atoms with Gasteiger partial charge in [0.25, 0.3) is 0 Å². The lowest BCUT2D eigenvalue weighted by Crippen LogP contribution is -2.45. The average molecular weight is 692 g/mol. The Hall–Kier alpha value is -1.66. The first-order valence-electron chi connectivity index (χ1n) is 21.1. The van der Waals surface area contributed by atoms with E-state index < -0.39 is 12.1 Å². The van der Waals surface area contributed by atoms with E-state index in [-0.39, 0.29) is 18.5 Å². The van der Waals surface area contributed by atoms with Crippen LogP contribution in [-0.4, -0.2) is 47.4 Å². The number of carbonyl (C=O) groups is 2. The highest BCUT2D eigenvalue weighted by molar-refractivity contribution is 5.76. The summed E-state index contributed by atoms with van der Waals surface area (Å²) in [4.78, 5) is 24.3. The molecule has 0 aliphatic heterocycles. The lowest BCUT2D eigenvalue weighted by Gasteiger charge is -2.22. The second-order valence-corrected chi connectivity index (χ2v) is 14.3. The van der Waals surface area contributed by atoms with Crippen molar-refractivity contribution >= 4 is 11.9 Å². The minimum Gasteiger partial charge on any atom is -0.466 e. The van der Waals surface area contributed by atoms with Gasteiger partial charge in [0.05, 0.1) is 25.4 Å². The number of aliphatic hydroxyl groups excluding tert-OH is 2. The maximum absolute atomic E-state index is 12.3. The molecule has 3 N–H and O–H groups in total. The van der Waals surface area contributed by atoms with Crippen molar-refractivity contribution in [2.45, 2.75) is 225 Å². The van der Waals surface area contributed by atoms with Crippen LogP contribution in [-0.2, 0) is 14.3 Å². The lowest BCUT2D eigenvalue weighted by molar-refractivity contribution is -0.143. The molecule has 0 bridgehead atoms. The molecule has 0 heterocycles. The monoisotopic (exact) mass is 692 g/mol. The van der Waals surface area contributed by atoms with Crippen LogP contribution in [0.3, 0.4) is 0 Å². The summed E-state index contributed by atoms with van der Waals surface area (Å²) in [6, 6.07) is -0.576. The van der Waals surface area contributed by atoms with Crippen molar-refractivity contribution in [1.29, 1.82) is 0 Å². The van der Waals surface area contributed by atoms with E-state index in [1.54, 1.807) is 0 Å². The Balaban J connectivity index is 3.57. The van der Waals surface area contributed by atoms with Crippen molar-refractivity contribution in [1.82, 2.24) is 5.32 Å². The number of amides is 1. The van der Waals surface area contributed by atoms with Gasteiger partial charge in [-0.1, -0.05) is 154 Å². The number of aliphatic hydroxyl groups is 2. The number of allylic oxidation sites excluding steroid dienone is 4. The van der Waals surface area contributed by atoms with E-state index >= 15 is 0 Å². The molecule has 0 aliphatic rings. The van der Waals surface area contributed by atoms with E-state index in [9.17, 15) is 19.8 Å². The van der Waals surface area contributed by atoms with Crippen molar-refractivity contribution in [2.24, 2.45) is 0 Å². The molecule has 0 saturated heterocycles. The Morgan fingerprint density at radius 2 is 0.980 bits per heavy atom. The highest BCUT2D eigenvalue weighted by atomic mass is 16.5. The molecule has 0 aromatic heterocycles. The quantitative estimate of drug-likeness (QED) is 0.0340. The van der Waals surface area contributed by atoms with Gasteiger partial charge in [-0.05, 0) is 70.6 Å². The van der Waals surface area contributed by atoms with Crippen LogP contribution in [0.4, 0.5) is 0 Å². The van der Waals surface area contributed by atoms with Crippen LogP contribution >= 0.6 is 0 Å². The summed E-state index contributed by atoms with van der Waals surface area (Å²) in [6.07, 6.45) is 42.8. The first-order chi connectivity index (χ1) is 24.0. The van der Waals surface area contributed by atoms with Gasteiger partial charge in [0, 0.05) is 12.8 Å². The Bertz CT molecular complexity index is 767. The maximum atomic E-state index is 12.3. The molecule has 0 aromatic rings. The summed E-state index contributed by atoms with van der Waals surface area (Å²) in [7, 11) is 0. The fraction of sp³-hybridized carbons (Fsp3) is 0.860. The summed E-state index contributed by atoms with van der Waals surface area (Å²) in [5.41, 5.74) is 0. The molecule has 0 aromatic carbocycles. The van der Waals surface area contributed by atoms with E-state index in [0.29, 0.717) is 25.9 Å². The highest BCUT2D eigenvalue weighted by Crippen LogP contribution is 2.14. The largest absolute Gasteiger partial charge is 0.466 e. The third-order valence-electron chi connectivity index (χ3n) is 9.47. The van der Waals surface area contributed by atoms with Gasteiger partial charge in [-0.2, -0.15) is 0 Å². The second-order valence-electron chi connectivity index (χ2n) is 14.3. The van der Waals surface area contributed by atoms with Crippen molar-refractivity contribution < 1.29 is 24.5 Å². The highest BCUT2D eigenvalue weighted by Gasteiger charge is 2.19. The van der Waals surface area contributed by atoms with Gasteiger partial charge in [-0.15, -0.1) is 0 Å². The van der Waals surface area contributed by atoms with Crippen LogP contribution in [0.2, 0.25) is 0 Å².